The van der Waals surface area contributed by atoms with Crippen molar-refractivity contribution in [3.05, 3.63) is 48.0 Å². The second-order valence-corrected chi connectivity index (χ2v) is 9.68. The average molecular weight is 440 g/mol. The van der Waals surface area contributed by atoms with Gasteiger partial charge < -0.3 is 14.2 Å². The Bertz CT molecular complexity index is 863. The predicted octanol–water partition coefficient (Wildman–Crippen LogP) is 2.62. The molecule has 0 saturated carbocycles. The lowest BCUT2D eigenvalue weighted by molar-refractivity contribution is -0.135. The number of aryl methyl sites for hydroxylation is 1. The molecule has 0 N–H and O–H groups in total. The molecule has 2 saturated heterocycles. The van der Waals surface area contributed by atoms with Gasteiger partial charge in [0, 0.05) is 65.3 Å². The summed E-state index contributed by atoms with van der Waals surface area (Å²) in [4.78, 5) is 23.9. The van der Waals surface area contributed by atoms with Crippen LogP contribution < -0.4 is 4.74 Å². The molecule has 2 fully saturated rings. The maximum absolute atomic E-state index is 12.8. The van der Waals surface area contributed by atoms with Crippen LogP contribution in [0.2, 0.25) is 0 Å². The first-order valence-electron chi connectivity index (χ1n) is 11.9. The van der Waals surface area contributed by atoms with Gasteiger partial charge in [-0.25, -0.2) is 4.98 Å². The average Bonchev–Trinajstić information content (AvgIpc) is 3.18. The van der Waals surface area contributed by atoms with Gasteiger partial charge in [0.15, 0.2) is 0 Å². The first-order valence-corrected chi connectivity index (χ1v) is 11.9. The van der Waals surface area contributed by atoms with Gasteiger partial charge in [0.1, 0.15) is 18.2 Å². The second kappa shape index (κ2) is 10.5. The topological polar surface area (TPSA) is 53.8 Å². The number of benzene rings is 1. The van der Waals surface area contributed by atoms with Gasteiger partial charge in [0.25, 0.3) is 0 Å². The van der Waals surface area contributed by atoms with Crippen LogP contribution >= 0.6 is 0 Å². The first-order chi connectivity index (χ1) is 15.5. The fraction of sp³-hybridized carbons (Fsp3) is 0.600. The van der Waals surface area contributed by atoms with Crippen LogP contribution in [0.25, 0.3) is 0 Å². The summed E-state index contributed by atoms with van der Waals surface area (Å²) in [6.45, 7) is 12.2. The molecule has 0 aliphatic carbocycles. The third kappa shape index (κ3) is 6.11. The van der Waals surface area contributed by atoms with Gasteiger partial charge in [-0.05, 0) is 36.0 Å². The van der Waals surface area contributed by atoms with Crippen molar-refractivity contribution in [1.29, 1.82) is 0 Å². The zero-order chi connectivity index (χ0) is 22.5. The van der Waals surface area contributed by atoms with E-state index in [1.807, 2.05) is 29.9 Å². The van der Waals surface area contributed by atoms with E-state index in [4.69, 9.17) is 4.74 Å². The number of ether oxygens (including phenoxy) is 1. The molecule has 2 aliphatic rings. The summed E-state index contributed by atoms with van der Waals surface area (Å²) in [6, 6.07) is 8.35. The molecule has 3 heterocycles. The molecular formula is C25H37N5O2. The zero-order valence-corrected chi connectivity index (χ0v) is 19.7. The minimum absolute atomic E-state index is 0.304. The molecule has 2 aliphatic heterocycles. The number of nitrogens with zero attached hydrogens (tertiary/aromatic N) is 5. The van der Waals surface area contributed by atoms with Crippen molar-refractivity contribution in [2.24, 2.45) is 18.9 Å². The Morgan fingerprint density at radius 1 is 1.03 bits per heavy atom. The molecule has 1 aromatic heterocycles. The number of aromatic nitrogens is 2. The summed E-state index contributed by atoms with van der Waals surface area (Å²) in [5.41, 5.74) is 1.29. The van der Waals surface area contributed by atoms with Crippen molar-refractivity contribution < 1.29 is 9.53 Å². The maximum atomic E-state index is 12.8. The van der Waals surface area contributed by atoms with Crippen LogP contribution in [-0.4, -0.2) is 76.0 Å². The number of hydrogen-bond acceptors (Lipinski definition) is 5. The van der Waals surface area contributed by atoms with Gasteiger partial charge in [-0.2, -0.15) is 0 Å². The Morgan fingerprint density at radius 3 is 2.31 bits per heavy atom. The van der Waals surface area contributed by atoms with Gasteiger partial charge in [0.2, 0.25) is 5.91 Å². The standard InChI is InChI=1S/C25H37N5O2/c1-20-14-21(2)16-30(15-20)25(31)18-29-12-10-28(11-13-29)17-22-4-6-23(7-5-22)32-19-24-26-8-9-27(24)3/h4-9,20-21H,10-19H2,1-3H3. The van der Waals surface area contributed by atoms with Crippen LogP contribution in [-0.2, 0) is 25.0 Å². The smallest absolute Gasteiger partial charge is 0.236 e. The summed E-state index contributed by atoms with van der Waals surface area (Å²) in [7, 11) is 1.97. The molecule has 7 nitrogen and oxygen atoms in total. The molecule has 2 atom stereocenters. The van der Waals surface area contributed by atoms with Gasteiger partial charge in [-0.1, -0.05) is 26.0 Å². The van der Waals surface area contributed by atoms with Crippen molar-refractivity contribution in [2.75, 3.05) is 45.8 Å². The lowest BCUT2D eigenvalue weighted by atomic mass is 9.92. The van der Waals surface area contributed by atoms with Crippen molar-refractivity contribution in [3.8, 4) is 5.75 Å². The third-order valence-corrected chi connectivity index (χ3v) is 6.66. The van der Waals surface area contributed by atoms with Gasteiger partial charge in [0.05, 0.1) is 6.54 Å². The highest BCUT2D eigenvalue weighted by molar-refractivity contribution is 5.78. The van der Waals surface area contributed by atoms with Gasteiger partial charge in [-0.3, -0.25) is 14.6 Å². The third-order valence-electron chi connectivity index (χ3n) is 6.66. The van der Waals surface area contributed by atoms with E-state index in [1.165, 1.54) is 12.0 Å². The molecule has 7 heteroatoms. The van der Waals surface area contributed by atoms with Crippen molar-refractivity contribution >= 4 is 5.91 Å². The molecule has 1 aromatic carbocycles. The minimum atomic E-state index is 0.304. The monoisotopic (exact) mass is 439 g/mol. The lowest BCUT2D eigenvalue weighted by Crippen LogP contribution is -2.51. The van der Waals surface area contributed by atoms with Crippen LogP contribution in [0.4, 0.5) is 0 Å². The summed E-state index contributed by atoms with van der Waals surface area (Å²) in [5, 5.41) is 0. The number of carbonyl (C=O) groups is 1. The number of piperidine rings is 1. The Kier molecular flexibility index (Phi) is 7.48. The van der Waals surface area contributed by atoms with Crippen molar-refractivity contribution in [1.82, 2.24) is 24.3 Å². The Labute approximate surface area is 192 Å². The number of piperazine rings is 1. The fourth-order valence-corrected chi connectivity index (χ4v) is 4.90. The van der Waals surface area contributed by atoms with Crippen molar-refractivity contribution in [3.63, 3.8) is 0 Å². The molecule has 2 aromatic rings. The number of amides is 1. The van der Waals surface area contributed by atoms with E-state index in [1.54, 1.807) is 6.20 Å². The van der Waals surface area contributed by atoms with E-state index in [-0.39, 0.29) is 0 Å². The highest BCUT2D eigenvalue weighted by Gasteiger charge is 2.27. The van der Waals surface area contributed by atoms with E-state index >= 15 is 0 Å². The number of likely N-dealkylation sites (tertiary alicyclic amines) is 1. The normalized spacial score (nSPS) is 22.8. The van der Waals surface area contributed by atoms with E-state index in [2.05, 4.69) is 45.7 Å². The minimum Gasteiger partial charge on any atom is -0.486 e. The maximum Gasteiger partial charge on any atom is 0.236 e. The van der Waals surface area contributed by atoms with E-state index in [0.29, 0.717) is 30.9 Å². The molecule has 0 spiro atoms. The summed E-state index contributed by atoms with van der Waals surface area (Å²) < 4.78 is 7.82. The number of imidazole rings is 1. The van der Waals surface area contributed by atoms with Crippen molar-refractivity contribution in [2.45, 2.75) is 33.4 Å². The summed E-state index contributed by atoms with van der Waals surface area (Å²) in [5.74, 6) is 3.31. The number of carbonyl (C=O) groups excluding carboxylic acids is 1. The molecular weight excluding hydrogens is 402 g/mol. The van der Waals surface area contributed by atoms with Gasteiger partial charge in [-0.15, -0.1) is 0 Å². The predicted molar refractivity (Wildman–Crippen MR) is 125 cm³/mol. The molecule has 174 valence electrons. The zero-order valence-electron chi connectivity index (χ0n) is 19.7. The SMILES string of the molecule is CC1CC(C)CN(C(=O)CN2CCN(Cc3ccc(OCc4nccn4C)cc3)CC2)C1. The largest absolute Gasteiger partial charge is 0.486 e. The number of rotatable bonds is 7. The van der Waals surface area contributed by atoms with Crippen LogP contribution in [0.15, 0.2) is 36.7 Å². The summed E-state index contributed by atoms with van der Waals surface area (Å²) >= 11 is 0. The molecule has 0 bridgehead atoms. The number of hydrogen-bond donors (Lipinski definition) is 0. The van der Waals surface area contributed by atoms with Crippen LogP contribution in [0, 0.1) is 11.8 Å². The Balaban J connectivity index is 1.18. The Morgan fingerprint density at radius 2 is 1.69 bits per heavy atom. The van der Waals surface area contributed by atoms with Crippen LogP contribution in [0.5, 0.6) is 5.75 Å². The molecule has 2 unspecified atom stereocenters. The second-order valence-electron chi connectivity index (χ2n) is 9.68. The fourth-order valence-electron chi connectivity index (χ4n) is 4.90. The van der Waals surface area contributed by atoms with E-state index in [0.717, 1.165) is 57.4 Å². The highest BCUT2D eigenvalue weighted by atomic mass is 16.5. The van der Waals surface area contributed by atoms with Gasteiger partial charge >= 0.3 is 0 Å². The van der Waals surface area contributed by atoms with Crippen LogP contribution in [0.3, 0.4) is 0 Å². The van der Waals surface area contributed by atoms with E-state index in [9.17, 15) is 4.79 Å². The first kappa shape index (κ1) is 22.8. The molecule has 4 rings (SSSR count). The van der Waals surface area contributed by atoms with E-state index < -0.39 is 0 Å². The highest BCUT2D eigenvalue weighted by Crippen LogP contribution is 2.21. The summed E-state index contributed by atoms with van der Waals surface area (Å²) in [6.07, 6.45) is 4.94. The Hall–Kier alpha value is -2.38. The lowest BCUT2D eigenvalue weighted by Gasteiger charge is -2.38. The molecule has 0 radical (unpaired) electrons. The quantitative estimate of drug-likeness (QED) is 0.664. The molecule has 32 heavy (non-hydrogen) atoms. The van der Waals surface area contributed by atoms with Crippen LogP contribution in [0.1, 0.15) is 31.7 Å². The molecule has 1 amide bonds.